The van der Waals surface area contributed by atoms with Crippen LogP contribution in [0.15, 0.2) is 18.2 Å². The van der Waals surface area contributed by atoms with Crippen molar-refractivity contribution in [2.45, 2.75) is 70.3 Å². The summed E-state index contributed by atoms with van der Waals surface area (Å²) >= 11 is 6.25. The maximum atomic E-state index is 15.2. The van der Waals surface area contributed by atoms with Gasteiger partial charge >= 0.3 is 0 Å². The van der Waals surface area contributed by atoms with E-state index in [0.717, 1.165) is 25.7 Å². The first-order chi connectivity index (χ1) is 16.3. The van der Waals surface area contributed by atoms with Crippen LogP contribution in [0.3, 0.4) is 0 Å². The van der Waals surface area contributed by atoms with Gasteiger partial charge in [0.15, 0.2) is 11.4 Å². The Hall–Kier alpha value is -1.73. The molecule has 0 bridgehead atoms. The number of rotatable bonds is 7. The lowest BCUT2D eigenvalue weighted by Crippen LogP contribution is -2.55. The first-order valence-corrected chi connectivity index (χ1v) is 13.0. The van der Waals surface area contributed by atoms with Crippen molar-refractivity contribution in [2.75, 3.05) is 20.7 Å². The molecule has 8 heteroatoms. The van der Waals surface area contributed by atoms with Gasteiger partial charge in [0.1, 0.15) is 5.75 Å². The number of hydrogen-bond donors (Lipinski definition) is 1. The Labute approximate surface area is 211 Å². The number of halogens is 3. The second-order valence-electron chi connectivity index (χ2n) is 11.4. The van der Waals surface area contributed by atoms with Crippen LogP contribution in [-0.4, -0.2) is 53.9 Å². The summed E-state index contributed by atoms with van der Waals surface area (Å²) in [5, 5.41) is 10.9. The van der Waals surface area contributed by atoms with Crippen molar-refractivity contribution in [3.05, 3.63) is 28.8 Å². The molecule has 3 aliphatic carbocycles. The Morgan fingerprint density at radius 2 is 1.91 bits per heavy atom. The zero-order valence-corrected chi connectivity index (χ0v) is 21.7. The van der Waals surface area contributed by atoms with Crippen molar-refractivity contribution in [3.8, 4) is 5.75 Å². The van der Waals surface area contributed by atoms with Crippen LogP contribution >= 0.6 is 11.6 Å². The quantitative estimate of drug-likeness (QED) is 0.516. The molecule has 0 heterocycles. The fourth-order valence-electron chi connectivity index (χ4n) is 6.51. The summed E-state index contributed by atoms with van der Waals surface area (Å²) in [7, 11) is 3.35. The van der Waals surface area contributed by atoms with Crippen LogP contribution in [0.2, 0.25) is 5.02 Å². The summed E-state index contributed by atoms with van der Waals surface area (Å²) in [5.41, 5.74) is -1.90. The predicted octanol–water partition coefficient (Wildman–Crippen LogP) is 5.62. The van der Waals surface area contributed by atoms with Gasteiger partial charge in [-0.1, -0.05) is 25.4 Å². The second kappa shape index (κ2) is 9.29. The van der Waals surface area contributed by atoms with Crippen LogP contribution in [0.5, 0.6) is 5.75 Å². The predicted molar refractivity (Wildman–Crippen MR) is 130 cm³/mol. The third kappa shape index (κ3) is 4.48. The zero-order valence-electron chi connectivity index (χ0n) is 21.0. The summed E-state index contributed by atoms with van der Waals surface area (Å²) in [5.74, 6) is -5.21. The van der Waals surface area contributed by atoms with Crippen molar-refractivity contribution >= 4 is 23.3 Å². The van der Waals surface area contributed by atoms with Crippen LogP contribution in [0.4, 0.5) is 8.78 Å². The number of Topliss-reactive ketones (excluding diaryl/α,β-unsaturated/α-hetero) is 1. The number of alkyl halides is 2. The summed E-state index contributed by atoms with van der Waals surface area (Å²) in [6, 6.07) is 5.08. The minimum absolute atomic E-state index is 0.161. The van der Waals surface area contributed by atoms with Gasteiger partial charge in [0.05, 0.1) is 17.2 Å². The van der Waals surface area contributed by atoms with Gasteiger partial charge in [-0.2, -0.15) is 0 Å². The summed E-state index contributed by atoms with van der Waals surface area (Å²) in [6.45, 7) is 3.52. The molecule has 0 aromatic heterocycles. The molecule has 0 saturated heterocycles. The fraction of sp³-hybridized carbons (Fsp3) is 0.704. The molecule has 1 aromatic rings. The van der Waals surface area contributed by atoms with E-state index in [4.69, 9.17) is 16.3 Å². The fourth-order valence-corrected chi connectivity index (χ4v) is 6.76. The van der Waals surface area contributed by atoms with Gasteiger partial charge < -0.3 is 14.7 Å². The van der Waals surface area contributed by atoms with Gasteiger partial charge in [0.2, 0.25) is 0 Å². The Bertz CT molecular complexity index is 989. The molecule has 4 rings (SSSR count). The number of aliphatic hydroxyl groups is 1. The van der Waals surface area contributed by atoms with Crippen LogP contribution in [0, 0.1) is 29.1 Å². The normalized spacial score (nSPS) is 33.9. The zero-order chi connectivity index (χ0) is 25.8. The molecule has 3 saturated carbocycles. The van der Waals surface area contributed by atoms with Crippen molar-refractivity contribution in [1.29, 1.82) is 0 Å². The number of benzene rings is 1. The highest BCUT2D eigenvalue weighted by Crippen LogP contribution is 2.65. The number of nitrogens with zero attached hydrogens (tertiary/aromatic N) is 1. The molecule has 194 valence electrons. The van der Waals surface area contributed by atoms with E-state index in [2.05, 4.69) is 0 Å². The average Bonchev–Trinajstić information content (AvgIpc) is 3.42. The van der Waals surface area contributed by atoms with E-state index in [1.54, 1.807) is 32.3 Å². The average molecular weight is 512 g/mol. The van der Waals surface area contributed by atoms with E-state index in [1.165, 1.54) is 18.7 Å². The lowest BCUT2D eigenvalue weighted by Gasteiger charge is -2.39. The smallest absolute Gasteiger partial charge is 0.286 e. The van der Waals surface area contributed by atoms with Crippen LogP contribution in [-0.2, 0) is 4.79 Å². The lowest BCUT2D eigenvalue weighted by atomic mass is 9.70. The molecule has 1 N–H and O–H groups in total. The first-order valence-electron chi connectivity index (χ1n) is 12.6. The molecular formula is C27H36ClF2NO4. The van der Waals surface area contributed by atoms with Gasteiger partial charge in [0.25, 0.3) is 11.8 Å². The van der Waals surface area contributed by atoms with Gasteiger partial charge in [-0.25, -0.2) is 8.78 Å². The molecule has 0 aliphatic heterocycles. The van der Waals surface area contributed by atoms with Crippen molar-refractivity contribution in [3.63, 3.8) is 0 Å². The molecule has 0 radical (unpaired) electrons. The molecule has 3 fully saturated rings. The third-order valence-electron chi connectivity index (χ3n) is 8.91. The molecule has 1 aromatic carbocycles. The van der Waals surface area contributed by atoms with Crippen molar-refractivity contribution < 1.29 is 28.2 Å². The molecule has 3 aliphatic rings. The summed E-state index contributed by atoms with van der Waals surface area (Å²) < 4.78 is 36.2. The standard InChI is InChI=1S/C27H36ClF2NO4/c1-16(2)26(34)23(32)14-21(27(26,29)30)17-7-10-25(11-8-17)15-18(25)9-12-35-19-5-6-20(22(28)13-19)24(33)31(3)4/h5-6,13,16-18,21,34H,7-12,14-15H2,1-4H3/t17?,18-,21?,25?,26-/m1/s1. The summed E-state index contributed by atoms with van der Waals surface area (Å²) in [4.78, 5) is 25.9. The van der Waals surface area contributed by atoms with Crippen molar-refractivity contribution in [1.82, 2.24) is 4.90 Å². The molecule has 1 amide bonds. The highest BCUT2D eigenvalue weighted by molar-refractivity contribution is 6.34. The Morgan fingerprint density at radius 1 is 1.26 bits per heavy atom. The first kappa shape index (κ1) is 26.3. The maximum absolute atomic E-state index is 15.2. The minimum atomic E-state index is -3.38. The molecule has 35 heavy (non-hydrogen) atoms. The topological polar surface area (TPSA) is 66.8 Å². The number of carbonyl (C=O) groups is 2. The van der Waals surface area contributed by atoms with E-state index in [0.29, 0.717) is 41.7 Å². The Balaban J connectivity index is 1.27. The highest BCUT2D eigenvalue weighted by Gasteiger charge is 2.70. The van der Waals surface area contributed by atoms with Gasteiger partial charge in [-0.15, -0.1) is 0 Å². The SMILES string of the molecule is CC(C)[C@@]1(O)C(=O)CC(C2CCC3(CC2)C[C@H]3CCOc2ccc(C(=O)N(C)C)c(Cl)c2)C1(F)F. The number of hydrogen-bond acceptors (Lipinski definition) is 4. The highest BCUT2D eigenvalue weighted by atomic mass is 35.5. The number of ketones is 1. The molecule has 1 unspecified atom stereocenters. The van der Waals surface area contributed by atoms with E-state index >= 15 is 8.78 Å². The van der Waals surface area contributed by atoms with Crippen LogP contribution in [0.25, 0.3) is 0 Å². The monoisotopic (exact) mass is 511 g/mol. The molecule has 5 nitrogen and oxygen atoms in total. The third-order valence-corrected chi connectivity index (χ3v) is 9.22. The van der Waals surface area contributed by atoms with E-state index < -0.39 is 29.1 Å². The van der Waals surface area contributed by atoms with Gasteiger partial charge in [-0.3, -0.25) is 9.59 Å². The minimum Gasteiger partial charge on any atom is -0.494 e. The molecule has 3 atom stereocenters. The van der Waals surface area contributed by atoms with Crippen LogP contribution < -0.4 is 4.74 Å². The largest absolute Gasteiger partial charge is 0.494 e. The van der Waals surface area contributed by atoms with E-state index in [-0.39, 0.29) is 23.7 Å². The van der Waals surface area contributed by atoms with Crippen molar-refractivity contribution in [2.24, 2.45) is 29.1 Å². The second-order valence-corrected chi connectivity index (χ2v) is 11.8. The van der Waals surface area contributed by atoms with Gasteiger partial charge in [0, 0.05) is 26.4 Å². The van der Waals surface area contributed by atoms with E-state index in [9.17, 15) is 14.7 Å². The lowest BCUT2D eigenvalue weighted by molar-refractivity contribution is -0.207. The van der Waals surface area contributed by atoms with E-state index in [1.807, 2.05) is 0 Å². The number of carbonyl (C=O) groups excluding carboxylic acids is 2. The van der Waals surface area contributed by atoms with Crippen LogP contribution in [0.1, 0.15) is 69.2 Å². The Morgan fingerprint density at radius 3 is 2.46 bits per heavy atom. The molecular weight excluding hydrogens is 476 g/mol. The number of amides is 1. The van der Waals surface area contributed by atoms with Gasteiger partial charge in [-0.05, 0) is 79.9 Å². The maximum Gasteiger partial charge on any atom is 0.286 e. The molecule has 1 spiro atoms. The number of ether oxygens (including phenoxy) is 1. The Kier molecular flexibility index (Phi) is 6.99. The summed E-state index contributed by atoms with van der Waals surface area (Å²) in [6.07, 6.45) is 4.86.